The molecule has 9 nitrogen and oxygen atoms in total. The number of aryl methyl sites for hydroxylation is 1. The molecule has 5 rings (SSSR count). The number of carbonyl (C=O) groups excluding carboxylic acids is 2. The smallest absolute Gasteiger partial charge is 0.414 e. The third kappa shape index (κ3) is 4.40. The van der Waals surface area contributed by atoms with E-state index < -0.39 is 18.0 Å². The second-order valence-corrected chi connectivity index (χ2v) is 9.04. The van der Waals surface area contributed by atoms with Crippen LogP contribution in [0.15, 0.2) is 41.9 Å². The molecule has 0 saturated carbocycles. The maximum absolute atomic E-state index is 15.0. The number of cyclic esters (lactones) is 1. The van der Waals surface area contributed by atoms with Crippen LogP contribution in [0.5, 0.6) is 0 Å². The van der Waals surface area contributed by atoms with Crippen molar-refractivity contribution in [2.75, 3.05) is 42.5 Å². The Hall–Kier alpha value is -3.47. The quantitative estimate of drug-likeness (QED) is 0.570. The fraction of sp³-hybridized carbons (Fsp3) is 0.364. The Morgan fingerprint density at radius 3 is 2.73 bits per heavy atom. The van der Waals surface area contributed by atoms with E-state index in [1.165, 1.54) is 22.3 Å². The molecule has 4 heterocycles. The SMILES string of the molecule is Cc1cn(C[C@H]2CN(c3ccc(N4CCN(C(=O)c5cccs5)CC4)c(F)c3)C(=O)O2)nn1. The number of hydrogen-bond acceptors (Lipinski definition) is 7. The first-order valence-corrected chi connectivity index (χ1v) is 11.6. The van der Waals surface area contributed by atoms with Gasteiger partial charge in [-0.25, -0.2) is 13.9 Å². The molecule has 2 amide bonds. The van der Waals surface area contributed by atoms with Gasteiger partial charge in [0.05, 0.1) is 35.0 Å². The van der Waals surface area contributed by atoms with Crippen molar-refractivity contribution in [1.29, 1.82) is 0 Å². The number of aromatic nitrogens is 3. The van der Waals surface area contributed by atoms with E-state index in [1.54, 1.807) is 27.9 Å². The molecule has 0 radical (unpaired) electrons. The predicted molar refractivity (Wildman–Crippen MR) is 121 cm³/mol. The van der Waals surface area contributed by atoms with Gasteiger partial charge in [0.15, 0.2) is 0 Å². The Balaban J connectivity index is 1.22. The van der Waals surface area contributed by atoms with Crippen LogP contribution >= 0.6 is 11.3 Å². The summed E-state index contributed by atoms with van der Waals surface area (Å²) in [7, 11) is 0. The number of anilines is 2. The highest BCUT2D eigenvalue weighted by molar-refractivity contribution is 7.12. The predicted octanol–water partition coefficient (Wildman–Crippen LogP) is 2.77. The van der Waals surface area contributed by atoms with Crippen LogP contribution in [-0.4, -0.2) is 70.7 Å². The normalized spacial score (nSPS) is 18.7. The molecule has 0 unspecified atom stereocenters. The molecular formula is C22H23FN6O3S. The number of amides is 2. The van der Waals surface area contributed by atoms with Crippen LogP contribution in [-0.2, 0) is 11.3 Å². The van der Waals surface area contributed by atoms with E-state index in [9.17, 15) is 9.59 Å². The first kappa shape index (κ1) is 21.4. The number of nitrogens with zero attached hydrogens (tertiary/aromatic N) is 6. The lowest BCUT2D eigenvalue weighted by atomic mass is 10.2. The Morgan fingerprint density at radius 2 is 2.06 bits per heavy atom. The van der Waals surface area contributed by atoms with E-state index >= 15 is 4.39 Å². The van der Waals surface area contributed by atoms with Gasteiger partial charge in [0.25, 0.3) is 5.91 Å². The molecule has 2 saturated heterocycles. The minimum Gasteiger partial charge on any atom is -0.442 e. The second-order valence-electron chi connectivity index (χ2n) is 8.09. The highest BCUT2D eigenvalue weighted by atomic mass is 32.1. The van der Waals surface area contributed by atoms with Gasteiger partial charge in [-0.15, -0.1) is 16.4 Å². The second kappa shape index (κ2) is 8.81. The average molecular weight is 471 g/mol. The molecule has 172 valence electrons. The van der Waals surface area contributed by atoms with E-state index in [0.29, 0.717) is 55.5 Å². The molecule has 1 atom stereocenters. The molecule has 2 aliphatic rings. The van der Waals surface area contributed by atoms with Gasteiger partial charge in [-0.1, -0.05) is 11.3 Å². The summed E-state index contributed by atoms with van der Waals surface area (Å²) in [6.45, 7) is 4.66. The Kier molecular flexibility index (Phi) is 5.71. The minimum absolute atomic E-state index is 0.0172. The third-order valence-electron chi connectivity index (χ3n) is 5.80. The molecule has 33 heavy (non-hydrogen) atoms. The van der Waals surface area contributed by atoms with Gasteiger partial charge < -0.3 is 14.5 Å². The zero-order valence-corrected chi connectivity index (χ0v) is 18.9. The van der Waals surface area contributed by atoms with Gasteiger partial charge in [-0.3, -0.25) is 9.69 Å². The number of ether oxygens (including phenoxy) is 1. The van der Waals surface area contributed by atoms with Gasteiger partial charge in [-0.2, -0.15) is 0 Å². The number of thiophene rings is 1. The van der Waals surface area contributed by atoms with Crippen molar-refractivity contribution in [3.05, 3.63) is 58.3 Å². The fourth-order valence-corrected chi connectivity index (χ4v) is 4.84. The van der Waals surface area contributed by atoms with Crippen LogP contribution < -0.4 is 9.80 Å². The van der Waals surface area contributed by atoms with Crippen LogP contribution in [0.3, 0.4) is 0 Å². The maximum Gasteiger partial charge on any atom is 0.414 e. The number of benzene rings is 1. The average Bonchev–Trinajstić information content (AvgIpc) is 3.56. The number of piperazine rings is 1. The minimum atomic E-state index is -0.510. The highest BCUT2D eigenvalue weighted by Gasteiger charge is 2.33. The van der Waals surface area contributed by atoms with Gasteiger partial charge in [0, 0.05) is 32.4 Å². The standard InChI is InChI=1S/C22H23FN6O3S/c1-15-12-28(25-24-15)13-17-14-29(22(31)32-17)16-4-5-19(18(23)11-16)26-6-8-27(9-7-26)21(30)20-3-2-10-33-20/h2-5,10-12,17H,6-9,13-14H2,1H3/t17-/m0/s1. The van der Waals surface area contributed by atoms with Crippen molar-refractivity contribution < 1.29 is 18.7 Å². The zero-order valence-electron chi connectivity index (χ0n) is 18.1. The molecule has 2 fully saturated rings. The molecule has 0 spiro atoms. The summed E-state index contributed by atoms with van der Waals surface area (Å²) in [5.41, 5.74) is 1.69. The van der Waals surface area contributed by atoms with Crippen LogP contribution in [0.25, 0.3) is 0 Å². The van der Waals surface area contributed by atoms with Crippen molar-refractivity contribution in [3.63, 3.8) is 0 Å². The summed E-state index contributed by atoms with van der Waals surface area (Å²) in [5, 5.41) is 9.79. The number of rotatable bonds is 5. The van der Waals surface area contributed by atoms with E-state index in [4.69, 9.17) is 4.74 Å². The Morgan fingerprint density at radius 1 is 1.24 bits per heavy atom. The maximum atomic E-state index is 15.0. The van der Waals surface area contributed by atoms with Crippen LogP contribution in [0.4, 0.5) is 20.6 Å². The number of halogens is 1. The first-order valence-electron chi connectivity index (χ1n) is 10.7. The molecule has 0 bridgehead atoms. The van der Waals surface area contributed by atoms with Crippen LogP contribution in [0, 0.1) is 12.7 Å². The summed E-state index contributed by atoms with van der Waals surface area (Å²) in [6, 6.07) is 8.45. The lowest BCUT2D eigenvalue weighted by Gasteiger charge is -2.36. The van der Waals surface area contributed by atoms with E-state index in [2.05, 4.69) is 10.3 Å². The highest BCUT2D eigenvalue weighted by Crippen LogP contribution is 2.29. The Bertz CT molecular complexity index is 1160. The monoisotopic (exact) mass is 470 g/mol. The molecule has 3 aromatic rings. The summed E-state index contributed by atoms with van der Waals surface area (Å²) < 4.78 is 22.1. The third-order valence-corrected chi connectivity index (χ3v) is 6.66. The van der Waals surface area contributed by atoms with Crippen molar-refractivity contribution in [1.82, 2.24) is 19.9 Å². The molecule has 11 heteroatoms. The summed E-state index contributed by atoms with van der Waals surface area (Å²) in [5.74, 6) is -0.391. The van der Waals surface area contributed by atoms with Crippen LogP contribution in [0.2, 0.25) is 0 Å². The first-order chi connectivity index (χ1) is 16.0. The summed E-state index contributed by atoms with van der Waals surface area (Å²) in [6.07, 6.45) is 0.874. The van der Waals surface area contributed by atoms with Gasteiger partial charge in [0.1, 0.15) is 11.9 Å². The topological polar surface area (TPSA) is 83.8 Å². The lowest BCUT2D eigenvalue weighted by molar-refractivity contribution is 0.0751. The van der Waals surface area contributed by atoms with Crippen molar-refractivity contribution in [3.8, 4) is 0 Å². The van der Waals surface area contributed by atoms with E-state index in [1.807, 2.05) is 29.3 Å². The van der Waals surface area contributed by atoms with E-state index in [0.717, 1.165) is 5.69 Å². The van der Waals surface area contributed by atoms with Crippen molar-refractivity contribution in [2.24, 2.45) is 0 Å². The lowest BCUT2D eigenvalue weighted by Crippen LogP contribution is -2.48. The molecule has 1 aromatic carbocycles. The molecule has 0 aliphatic carbocycles. The molecule has 2 aromatic heterocycles. The Labute approximate surface area is 194 Å². The molecule has 0 N–H and O–H groups in total. The molecular weight excluding hydrogens is 447 g/mol. The summed E-state index contributed by atoms with van der Waals surface area (Å²) in [4.78, 5) is 30.8. The van der Waals surface area contributed by atoms with E-state index in [-0.39, 0.29) is 5.91 Å². The largest absolute Gasteiger partial charge is 0.442 e. The fourth-order valence-electron chi connectivity index (χ4n) is 4.15. The van der Waals surface area contributed by atoms with Gasteiger partial charge in [0.2, 0.25) is 0 Å². The van der Waals surface area contributed by atoms with Crippen LogP contribution in [0.1, 0.15) is 15.4 Å². The number of hydrogen-bond donors (Lipinski definition) is 0. The summed E-state index contributed by atoms with van der Waals surface area (Å²) >= 11 is 1.42. The van der Waals surface area contributed by atoms with Gasteiger partial charge >= 0.3 is 6.09 Å². The van der Waals surface area contributed by atoms with Crippen molar-refractivity contribution in [2.45, 2.75) is 19.6 Å². The number of carbonyl (C=O) groups is 2. The van der Waals surface area contributed by atoms with Crippen molar-refractivity contribution >= 4 is 34.7 Å². The van der Waals surface area contributed by atoms with Gasteiger partial charge in [-0.05, 0) is 36.6 Å². The molecule has 2 aliphatic heterocycles. The zero-order chi connectivity index (χ0) is 22.9.